The Bertz CT molecular complexity index is 1120. The third-order valence-electron chi connectivity index (χ3n) is 5.65. The molecule has 2 aliphatic heterocycles. The molecule has 0 aliphatic carbocycles. The van der Waals surface area contributed by atoms with Crippen LogP contribution < -0.4 is 5.56 Å². The van der Waals surface area contributed by atoms with E-state index in [1.807, 2.05) is 7.05 Å². The fourth-order valence-corrected chi connectivity index (χ4v) is 4.08. The first-order valence-electron chi connectivity index (χ1n) is 9.31. The molecule has 8 heteroatoms. The fourth-order valence-electron chi connectivity index (χ4n) is 4.08. The maximum absolute atomic E-state index is 13.0. The summed E-state index contributed by atoms with van der Waals surface area (Å²) < 4.78 is 0. The zero-order valence-corrected chi connectivity index (χ0v) is 15.4. The van der Waals surface area contributed by atoms with Crippen LogP contribution in [0.1, 0.15) is 33.6 Å². The highest BCUT2D eigenvalue weighted by atomic mass is 16.2. The molecule has 2 aliphatic rings. The van der Waals surface area contributed by atoms with Gasteiger partial charge in [-0.05, 0) is 57.2 Å². The summed E-state index contributed by atoms with van der Waals surface area (Å²) in [4.78, 5) is 51.7. The van der Waals surface area contributed by atoms with Crippen molar-refractivity contribution >= 4 is 22.8 Å². The number of carbonyl (C=O) groups is 2. The van der Waals surface area contributed by atoms with Gasteiger partial charge in [0, 0.05) is 12.2 Å². The minimum atomic E-state index is -0.255. The second-order valence-electron chi connectivity index (χ2n) is 7.43. The van der Waals surface area contributed by atoms with Gasteiger partial charge in [0.15, 0.2) is 0 Å². The molecule has 0 atom stereocenters. The van der Waals surface area contributed by atoms with Crippen LogP contribution in [0.2, 0.25) is 0 Å². The average molecular weight is 377 g/mol. The molecule has 0 spiro atoms. The van der Waals surface area contributed by atoms with Gasteiger partial charge in [0.05, 0.1) is 27.7 Å². The van der Waals surface area contributed by atoms with Crippen molar-refractivity contribution in [3.05, 3.63) is 51.9 Å². The molecule has 8 nitrogen and oxygen atoms in total. The van der Waals surface area contributed by atoms with E-state index in [0.29, 0.717) is 33.5 Å². The number of benzene rings is 1. The molecule has 3 aromatic rings. The molecular weight excluding hydrogens is 358 g/mol. The molecule has 28 heavy (non-hydrogen) atoms. The monoisotopic (exact) mass is 377 g/mol. The Morgan fingerprint density at radius 2 is 1.75 bits per heavy atom. The van der Waals surface area contributed by atoms with Gasteiger partial charge in [-0.3, -0.25) is 19.3 Å². The molecular formula is C20H19N5O3. The van der Waals surface area contributed by atoms with Crippen LogP contribution in [0.4, 0.5) is 0 Å². The lowest BCUT2D eigenvalue weighted by molar-refractivity contribution is 0.0516. The molecule has 1 aromatic carbocycles. The van der Waals surface area contributed by atoms with Crippen LogP contribution in [0.25, 0.3) is 22.4 Å². The Hall–Kier alpha value is -3.26. The number of imide groups is 1. The summed E-state index contributed by atoms with van der Waals surface area (Å²) in [5.74, 6) is -0.0867. The van der Waals surface area contributed by atoms with E-state index in [1.165, 1.54) is 4.90 Å². The number of aromatic amines is 2. The topological polar surface area (TPSA) is 102 Å². The second-order valence-corrected chi connectivity index (χ2v) is 7.43. The van der Waals surface area contributed by atoms with Crippen molar-refractivity contribution in [1.82, 2.24) is 24.8 Å². The molecule has 0 bridgehead atoms. The van der Waals surface area contributed by atoms with E-state index < -0.39 is 0 Å². The Labute approximate surface area is 160 Å². The lowest BCUT2D eigenvalue weighted by Crippen LogP contribution is -2.46. The standard InChI is InChI=1S/C20H19N5O3/c1-24-7-4-11(5-8-24)25-19(27)13-9-15-16(10-14(13)20(25)28)23-17(22-15)12-3-2-6-21-18(12)26/h2-3,6,9-11H,4-5,7-8H2,1H3,(H,21,26)(H,22,23). The maximum Gasteiger partial charge on any atom is 0.261 e. The first kappa shape index (κ1) is 16.9. The summed E-state index contributed by atoms with van der Waals surface area (Å²) in [6.45, 7) is 1.74. The van der Waals surface area contributed by atoms with E-state index in [0.717, 1.165) is 25.9 Å². The van der Waals surface area contributed by atoms with E-state index in [-0.39, 0.29) is 23.4 Å². The summed E-state index contributed by atoms with van der Waals surface area (Å²) in [6, 6.07) is 6.65. The highest BCUT2D eigenvalue weighted by Crippen LogP contribution is 2.31. The number of rotatable bonds is 2. The predicted octanol–water partition coefficient (Wildman–Crippen LogP) is 1.61. The molecule has 2 amide bonds. The summed E-state index contributed by atoms with van der Waals surface area (Å²) in [5, 5.41) is 0. The number of carbonyl (C=O) groups excluding carboxylic acids is 2. The summed E-state index contributed by atoms with van der Waals surface area (Å²) in [5.41, 5.74) is 2.12. The van der Waals surface area contributed by atoms with E-state index in [1.54, 1.807) is 30.5 Å². The number of imidazole rings is 1. The van der Waals surface area contributed by atoms with Gasteiger partial charge in [-0.1, -0.05) is 0 Å². The fraction of sp³-hybridized carbons (Fsp3) is 0.300. The van der Waals surface area contributed by atoms with Gasteiger partial charge in [-0.2, -0.15) is 0 Å². The molecule has 0 unspecified atom stereocenters. The third kappa shape index (κ3) is 2.49. The van der Waals surface area contributed by atoms with E-state index >= 15 is 0 Å². The highest BCUT2D eigenvalue weighted by molar-refractivity contribution is 6.23. The van der Waals surface area contributed by atoms with Gasteiger partial charge in [-0.15, -0.1) is 0 Å². The SMILES string of the molecule is CN1CCC(N2C(=O)c3cc4nc(-c5ccc[nH]c5=O)[nH]c4cc3C2=O)CC1. The Kier molecular flexibility index (Phi) is 3.70. The maximum atomic E-state index is 13.0. The van der Waals surface area contributed by atoms with Crippen LogP contribution in [-0.2, 0) is 0 Å². The van der Waals surface area contributed by atoms with Crippen LogP contribution in [0.3, 0.4) is 0 Å². The summed E-state index contributed by atoms with van der Waals surface area (Å²) in [7, 11) is 2.04. The second kappa shape index (κ2) is 6.13. The van der Waals surface area contributed by atoms with Crippen molar-refractivity contribution in [3.8, 4) is 11.4 Å². The Morgan fingerprint density at radius 1 is 1.04 bits per heavy atom. The average Bonchev–Trinajstić information content (AvgIpc) is 3.21. The largest absolute Gasteiger partial charge is 0.338 e. The molecule has 5 rings (SSSR count). The van der Waals surface area contributed by atoms with Crippen LogP contribution in [-0.4, -0.2) is 62.7 Å². The van der Waals surface area contributed by atoms with Crippen molar-refractivity contribution in [3.63, 3.8) is 0 Å². The minimum Gasteiger partial charge on any atom is -0.338 e. The predicted molar refractivity (Wildman–Crippen MR) is 103 cm³/mol. The number of nitrogens with one attached hydrogen (secondary N) is 2. The number of hydrogen-bond acceptors (Lipinski definition) is 5. The Balaban J connectivity index is 1.54. The van der Waals surface area contributed by atoms with Gasteiger partial charge in [0.25, 0.3) is 17.4 Å². The first-order chi connectivity index (χ1) is 13.5. The molecule has 4 heterocycles. The zero-order chi connectivity index (χ0) is 19.4. The molecule has 0 saturated carbocycles. The highest BCUT2D eigenvalue weighted by Gasteiger charge is 2.41. The quantitative estimate of drug-likeness (QED) is 0.661. The van der Waals surface area contributed by atoms with Crippen molar-refractivity contribution in [2.45, 2.75) is 18.9 Å². The normalized spacial score (nSPS) is 18.2. The number of piperidine rings is 1. The summed E-state index contributed by atoms with van der Waals surface area (Å²) in [6.07, 6.45) is 3.13. The van der Waals surface area contributed by atoms with Crippen LogP contribution in [0.15, 0.2) is 35.3 Å². The lowest BCUT2D eigenvalue weighted by atomic mass is 10.0. The lowest BCUT2D eigenvalue weighted by Gasteiger charge is -2.33. The number of pyridine rings is 1. The molecule has 142 valence electrons. The number of aromatic nitrogens is 3. The van der Waals surface area contributed by atoms with E-state index in [4.69, 9.17) is 0 Å². The van der Waals surface area contributed by atoms with Gasteiger partial charge >= 0.3 is 0 Å². The molecule has 1 fully saturated rings. The van der Waals surface area contributed by atoms with Gasteiger partial charge in [0.2, 0.25) is 0 Å². The summed E-state index contributed by atoms with van der Waals surface area (Å²) >= 11 is 0. The molecule has 2 N–H and O–H groups in total. The van der Waals surface area contributed by atoms with Crippen molar-refractivity contribution < 1.29 is 9.59 Å². The molecule has 0 radical (unpaired) electrons. The van der Waals surface area contributed by atoms with Crippen molar-refractivity contribution in [1.29, 1.82) is 0 Å². The van der Waals surface area contributed by atoms with Crippen molar-refractivity contribution in [2.24, 2.45) is 0 Å². The van der Waals surface area contributed by atoms with Crippen LogP contribution in [0.5, 0.6) is 0 Å². The van der Waals surface area contributed by atoms with Crippen molar-refractivity contribution in [2.75, 3.05) is 20.1 Å². The third-order valence-corrected chi connectivity index (χ3v) is 5.65. The number of H-pyrrole nitrogens is 2. The smallest absolute Gasteiger partial charge is 0.261 e. The van der Waals surface area contributed by atoms with Crippen LogP contribution >= 0.6 is 0 Å². The number of fused-ring (bicyclic) bond motifs is 2. The van der Waals surface area contributed by atoms with Gasteiger partial charge < -0.3 is 14.9 Å². The number of amides is 2. The van der Waals surface area contributed by atoms with E-state index in [2.05, 4.69) is 19.9 Å². The van der Waals surface area contributed by atoms with E-state index in [9.17, 15) is 14.4 Å². The number of nitrogens with zero attached hydrogens (tertiary/aromatic N) is 3. The minimum absolute atomic E-state index is 0.0617. The van der Waals surface area contributed by atoms with Gasteiger partial charge in [0.1, 0.15) is 5.82 Å². The van der Waals surface area contributed by atoms with Gasteiger partial charge in [-0.25, -0.2) is 4.98 Å². The number of hydrogen-bond donors (Lipinski definition) is 2. The van der Waals surface area contributed by atoms with Crippen LogP contribution in [0, 0.1) is 0 Å². The zero-order valence-electron chi connectivity index (χ0n) is 15.4. The molecule has 2 aromatic heterocycles. The number of likely N-dealkylation sites (tertiary alicyclic amines) is 1. The molecule has 1 saturated heterocycles. The Morgan fingerprint density at radius 3 is 2.46 bits per heavy atom. The first-order valence-corrected chi connectivity index (χ1v) is 9.31.